The smallest absolute Gasteiger partial charge is 0.316 e. The van der Waals surface area contributed by atoms with Gasteiger partial charge in [0.1, 0.15) is 5.82 Å². The summed E-state index contributed by atoms with van der Waals surface area (Å²) in [5.74, 6) is -0.532. The molecule has 0 aliphatic heterocycles. The van der Waals surface area contributed by atoms with Crippen molar-refractivity contribution in [3.8, 4) is 0 Å². The summed E-state index contributed by atoms with van der Waals surface area (Å²) >= 11 is 0. The first-order chi connectivity index (χ1) is 10.9. The van der Waals surface area contributed by atoms with Crippen LogP contribution in [0.2, 0.25) is 0 Å². The van der Waals surface area contributed by atoms with Crippen molar-refractivity contribution in [2.24, 2.45) is 5.73 Å². The third kappa shape index (κ3) is 4.06. The Labute approximate surface area is 133 Å². The van der Waals surface area contributed by atoms with Crippen LogP contribution in [-0.4, -0.2) is 23.9 Å². The summed E-state index contributed by atoms with van der Waals surface area (Å²) in [4.78, 5) is 25.0. The minimum Gasteiger partial charge on any atom is -0.351 e. The second kappa shape index (κ2) is 6.91. The van der Waals surface area contributed by atoms with Gasteiger partial charge in [0.05, 0.1) is 6.04 Å². The molecule has 0 heterocycles. The van der Waals surface area contributed by atoms with E-state index in [1.165, 1.54) is 12.1 Å². The average Bonchev–Trinajstić information content (AvgIpc) is 2.53. The molecule has 0 bridgehead atoms. The second-order valence-electron chi connectivity index (χ2n) is 5.21. The molecule has 6 heteroatoms. The molecule has 2 aromatic rings. The Hall–Kier alpha value is -2.89. The molecule has 0 saturated carbocycles. The van der Waals surface area contributed by atoms with Crippen molar-refractivity contribution in [2.45, 2.75) is 13.0 Å². The zero-order chi connectivity index (χ0) is 17.0. The van der Waals surface area contributed by atoms with Gasteiger partial charge in [-0.05, 0) is 42.8 Å². The van der Waals surface area contributed by atoms with Gasteiger partial charge in [0.2, 0.25) is 0 Å². The van der Waals surface area contributed by atoms with Gasteiger partial charge in [0, 0.05) is 18.3 Å². The second-order valence-corrected chi connectivity index (χ2v) is 5.21. The molecule has 0 spiro atoms. The number of hydrogen-bond donors (Lipinski definition) is 2. The van der Waals surface area contributed by atoms with Gasteiger partial charge in [-0.15, -0.1) is 0 Å². The van der Waals surface area contributed by atoms with Gasteiger partial charge >= 0.3 is 6.03 Å². The fraction of sp³-hybridized carbons (Fsp3) is 0.176. The maximum Gasteiger partial charge on any atom is 0.316 e. The summed E-state index contributed by atoms with van der Waals surface area (Å²) in [6.45, 7) is 1.86. The molecule has 0 aliphatic carbocycles. The predicted molar refractivity (Wildman–Crippen MR) is 86.6 cm³/mol. The summed E-state index contributed by atoms with van der Waals surface area (Å²) in [5, 5.41) is 2.43. The molecule has 3 amide bonds. The molecule has 0 aromatic heterocycles. The van der Waals surface area contributed by atoms with Crippen LogP contribution >= 0.6 is 0 Å². The highest BCUT2D eigenvalue weighted by Gasteiger charge is 2.19. The number of nitrogens with zero attached hydrogens (tertiary/aromatic N) is 1. The first-order valence-corrected chi connectivity index (χ1v) is 7.07. The zero-order valence-electron chi connectivity index (χ0n) is 12.9. The maximum atomic E-state index is 13.0. The van der Waals surface area contributed by atoms with Gasteiger partial charge in [-0.3, -0.25) is 4.79 Å². The number of anilines is 1. The van der Waals surface area contributed by atoms with Crippen molar-refractivity contribution in [1.82, 2.24) is 4.90 Å². The van der Waals surface area contributed by atoms with Gasteiger partial charge in [0.25, 0.3) is 5.91 Å². The number of urea groups is 1. The lowest BCUT2D eigenvalue weighted by Crippen LogP contribution is -2.29. The fourth-order valence-electron chi connectivity index (χ4n) is 2.22. The topological polar surface area (TPSA) is 75.4 Å². The number of primary amides is 1. The molecule has 23 heavy (non-hydrogen) atoms. The van der Waals surface area contributed by atoms with Gasteiger partial charge in [-0.1, -0.05) is 18.2 Å². The first kappa shape index (κ1) is 16.5. The van der Waals surface area contributed by atoms with Crippen LogP contribution < -0.4 is 11.1 Å². The van der Waals surface area contributed by atoms with Crippen molar-refractivity contribution in [2.75, 3.05) is 12.4 Å². The molecule has 2 rings (SSSR count). The minimum atomic E-state index is -0.692. The largest absolute Gasteiger partial charge is 0.351 e. The van der Waals surface area contributed by atoms with E-state index in [2.05, 4.69) is 5.32 Å². The monoisotopic (exact) mass is 315 g/mol. The van der Waals surface area contributed by atoms with Crippen LogP contribution in [0.4, 0.5) is 14.9 Å². The third-order valence-corrected chi connectivity index (χ3v) is 3.63. The van der Waals surface area contributed by atoms with Crippen LogP contribution in [0.3, 0.4) is 0 Å². The number of carbonyl (C=O) groups excluding carboxylic acids is 2. The van der Waals surface area contributed by atoms with Crippen molar-refractivity contribution in [1.29, 1.82) is 0 Å². The molecule has 0 radical (unpaired) electrons. The Bertz CT molecular complexity index is 716. The summed E-state index contributed by atoms with van der Waals surface area (Å²) in [6.07, 6.45) is 0. The molecule has 0 fully saturated rings. The molecule has 0 aliphatic rings. The summed E-state index contributed by atoms with van der Waals surface area (Å²) < 4.78 is 13.0. The van der Waals surface area contributed by atoms with Crippen LogP contribution in [-0.2, 0) is 0 Å². The number of carbonyl (C=O) groups is 2. The fourth-order valence-corrected chi connectivity index (χ4v) is 2.22. The normalized spacial score (nSPS) is 11.6. The van der Waals surface area contributed by atoms with Crippen LogP contribution in [0, 0.1) is 5.82 Å². The number of hydrogen-bond acceptors (Lipinski definition) is 2. The van der Waals surface area contributed by atoms with Crippen LogP contribution in [0.15, 0.2) is 48.5 Å². The molecule has 5 nitrogen and oxygen atoms in total. The average molecular weight is 315 g/mol. The van der Waals surface area contributed by atoms with Crippen molar-refractivity contribution in [3.05, 3.63) is 65.5 Å². The van der Waals surface area contributed by atoms with Crippen molar-refractivity contribution >= 4 is 17.6 Å². The number of nitrogens with one attached hydrogen (secondary N) is 1. The van der Waals surface area contributed by atoms with E-state index in [1.54, 1.807) is 48.3 Å². The van der Waals surface area contributed by atoms with Gasteiger partial charge in [-0.25, -0.2) is 9.18 Å². The summed E-state index contributed by atoms with van der Waals surface area (Å²) in [6, 6.07) is 11.6. The molecular formula is C17H18FN3O2. The van der Waals surface area contributed by atoms with E-state index in [0.717, 1.165) is 5.56 Å². The SMILES string of the molecule is C[C@@H](c1ccc(F)cc1)N(C)C(=O)c1cccc(NC(N)=O)c1. The van der Waals surface area contributed by atoms with Crippen LogP contribution in [0.1, 0.15) is 28.9 Å². The molecule has 3 N–H and O–H groups in total. The minimum absolute atomic E-state index is 0.213. The predicted octanol–water partition coefficient (Wildman–Crippen LogP) is 3.15. The number of nitrogens with two attached hydrogens (primary N) is 1. The Morgan fingerprint density at radius 3 is 2.43 bits per heavy atom. The lowest BCUT2D eigenvalue weighted by atomic mass is 10.1. The van der Waals surface area contributed by atoms with E-state index in [4.69, 9.17) is 5.73 Å². The number of amides is 3. The Morgan fingerprint density at radius 2 is 1.83 bits per heavy atom. The van der Waals surface area contributed by atoms with E-state index in [9.17, 15) is 14.0 Å². The zero-order valence-corrected chi connectivity index (χ0v) is 12.9. The van der Waals surface area contributed by atoms with Gasteiger partial charge in [-0.2, -0.15) is 0 Å². The number of halogens is 1. The first-order valence-electron chi connectivity index (χ1n) is 7.07. The molecule has 0 unspecified atom stereocenters. The molecule has 2 aromatic carbocycles. The lowest BCUT2D eigenvalue weighted by molar-refractivity contribution is 0.0742. The molecule has 1 atom stereocenters. The maximum absolute atomic E-state index is 13.0. The quantitative estimate of drug-likeness (QED) is 0.909. The summed E-state index contributed by atoms with van der Waals surface area (Å²) in [5.41, 5.74) is 6.77. The Balaban J connectivity index is 2.18. The lowest BCUT2D eigenvalue weighted by Gasteiger charge is -2.25. The highest BCUT2D eigenvalue weighted by atomic mass is 19.1. The summed E-state index contributed by atoms with van der Waals surface area (Å²) in [7, 11) is 1.67. The molecule has 0 saturated heterocycles. The van der Waals surface area contributed by atoms with Gasteiger partial charge < -0.3 is 16.0 Å². The van der Waals surface area contributed by atoms with E-state index in [-0.39, 0.29) is 17.8 Å². The van der Waals surface area contributed by atoms with E-state index in [0.29, 0.717) is 11.3 Å². The van der Waals surface area contributed by atoms with Gasteiger partial charge in [0.15, 0.2) is 0 Å². The molecular weight excluding hydrogens is 297 g/mol. The third-order valence-electron chi connectivity index (χ3n) is 3.63. The van der Waals surface area contributed by atoms with Crippen LogP contribution in [0.25, 0.3) is 0 Å². The highest BCUT2D eigenvalue weighted by molar-refractivity contribution is 5.96. The van der Waals surface area contributed by atoms with Crippen molar-refractivity contribution in [3.63, 3.8) is 0 Å². The van der Waals surface area contributed by atoms with Crippen LogP contribution in [0.5, 0.6) is 0 Å². The van der Waals surface area contributed by atoms with E-state index >= 15 is 0 Å². The Morgan fingerprint density at radius 1 is 1.17 bits per heavy atom. The highest BCUT2D eigenvalue weighted by Crippen LogP contribution is 2.22. The van der Waals surface area contributed by atoms with Crippen molar-refractivity contribution < 1.29 is 14.0 Å². The van der Waals surface area contributed by atoms with E-state index < -0.39 is 6.03 Å². The molecule has 120 valence electrons. The number of rotatable bonds is 4. The standard InChI is InChI=1S/C17H18FN3O2/c1-11(12-6-8-14(18)9-7-12)21(2)16(22)13-4-3-5-15(10-13)20-17(19)23/h3-11H,1-2H3,(H3,19,20,23)/t11-/m0/s1. The number of benzene rings is 2. The van der Waals surface area contributed by atoms with E-state index in [1.807, 2.05) is 6.92 Å². The Kier molecular flexibility index (Phi) is 4.95.